The Labute approximate surface area is 139 Å². The Morgan fingerprint density at radius 1 is 0.783 bits per heavy atom. The van der Waals surface area contributed by atoms with Crippen molar-refractivity contribution in [1.82, 2.24) is 9.80 Å². The quantitative estimate of drug-likeness (QED) is 0.922. The van der Waals surface area contributed by atoms with E-state index in [4.69, 9.17) is 5.73 Å². The summed E-state index contributed by atoms with van der Waals surface area (Å²) >= 11 is 0. The molecule has 23 heavy (non-hydrogen) atoms. The second-order valence-corrected chi connectivity index (χ2v) is 6.40. The van der Waals surface area contributed by atoms with Gasteiger partial charge in [-0.05, 0) is 17.5 Å². The van der Waals surface area contributed by atoms with E-state index in [1.165, 1.54) is 11.1 Å². The molecule has 0 aliphatic carbocycles. The largest absolute Gasteiger partial charge is 0.329 e. The molecule has 1 aliphatic rings. The van der Waals surface area contributed by atoms with E-state index in [0.717, 1.165) is 45.7 Å². The van der Waals surface area contributed by atoms with Crippen LogP contribution in [0.15, 0.2) is 60.7 Å². The molecule has 2 N–H and O–H groups in total. The Morgan fingerprint density at radius 2 is 1.39 bits per heavy atom. The number of nitrogens with two attached hydrogens (primary N) is 1. The summed E-state index contributed by atoms with van der Waals surface area (Å²) in [6, 6.07) is 22.0. The van der Waals surface area contributed by atoms with E-state index in [1.54, 1.807) is 0 Å². The molecule has 1 fully saturated rings. The molecule has 2 aromatic rings. The molecule has 0 saturated carbocycles. The summed E-state index contributed by atoms with van der Waals surface area (Å²) in [6.07, 6.45) is 1.15. The summed E-state index contributed by atoms with van der Waals surface area (Å²) < 4.78 is 0. The summed E-state index contributed by atoms with van der Waals surface area (Å²) in [6.45, 7) is 6.11. The zero-order chi connectivity index (χ0) is 15.9. The van der Waals surface area contributed by atoms with Crippen molar-refractivity contribution in [3.05, 3.63) is 71.8 Å². The van der Waals surface area contributed by atoms with Gasteiger partial charge in [0.1, 0.15) is 0 Å². The molecule has 3 rings (SSSR count). The van der Waals surface area contributed by atoms with Crippen LogP contribution in [0.1, 0.15) is 17.5 Å². The topological polar surface area (TPSA) is 32.5 Å². The number of rotatable bonds is 5. The lowest BCUT2D eigenvalue weighted by atomic mass is 10.1. The minimum Gasteiger partial charge on any atom is -0.329 e. The first-order valence-corrected chi connectivity index (χ1v) is 8.59. The molecule has 3 nitrogen and oxygen atoms in total. The van der Waals surface area contributed by atoms with Gasteiger partial charge in [-0.3, -0.25) is 9.80 Å². The lowest BCUT2D eigenvalue weighted by Gasteiger charge is -2.28. The van der Waals surface area contributed by atoms with Crippen molar-refractivity contribution in [3.63, 3.8) is 0 Å². The standard InChI is InChI=1S/C20H27N3/c21-15-20-11-12-22(16-18-7-3-1-4-8-18)13-14-23(20)17-19-9-5-2-6-10-19/h1-10,20H,11-17,21H2. The summed E-state index contributed by atoms with van der Waals surface area (Å²) in [5.41, 5.74) is 8.83. The van der Waals surface area contributed by atoms with Crippen molar-refractivity contribution in [2.24, 2.45) is 5.73 Å². The highest BCUT2D eigenvalue weighted by Crippen LogP contribution is 2.16. The van der Waals surface area contributed by atoms with Crippen LogP contribution in [0, 0.1) is 0 Å². The summed E-state index contributed by atoms with van der Waals surface area (Å²) in [4.78, 5) is 5.11. The van der Waals surface area contributed by atoms with E-state index >= 15 is 0 Å². The van der Waals surface area contributed by atoms with Crippen LogP contribution in [-0.4, -0.2) is 42.0 Å². The van der Waals surface area contributed by atoms with E-state index in [-0.39, 0.29) is 0 Å². The highest BCUT2D eigenvalue weighted by Gasteiger charge is 2.23. The Balaban J connectivity index is 1.62. The van der Waals surface area contributed by atoms with Crippen LogP contribution in [0.4, 0.5) is 0 Å². The minimum atomic E-state index is 0.482. The Bertz CT molecular complexity index is 570. The maximum Gasteiger partial charge on any atom is 0.0237 e. The molecule has 3 heteroatoms. The SMILES string of the molecule is NCC1CCN(Cc2ccccc2)CCN1Cc1ccccc1. The van der Waals surface area contributed by atoms with Gasteiger partial charge in [-0.15, -0.1) is 0 Å². The summed E-state index contributed by atoms with van der Waals surface area (Å²) in [5.74, 6) is 0. The third-order valence-corrected chi connectivity index (χ3v) is 4.75. The number of benzene rings is 2. The summed E-state index contributed by atoms with van der Waals surface area (Å²) in [5, 5.41) is 0. The van der Waals surface area contributed by atoms with E-state index < -0.39 is 0 Å². The number of hydrogen-bond donors (Lipinski definition) is 1. The second-order valence-electron chi connectivity index (χ2n) is 6.40. The fourth-order valence-corrected chi connectivity index (χ4v) is 3.37. The molecule has 0 aromatic heterocycles. The third kappa shape index (κ3) is 4.64. The fourth-order valence-electron chi connectivity index (χ4n) is 3.37. The van der Waals surface area contributed by atoms with Gasteiger partial charge in [-0.1, -0.05) is 60.7 Å². The van der Waals surface area contributed by atoms with Gasteiger partial charge in [-0.25, -0.2) is 0 Å². The molecule has 0 bridgehead atoms. The Hall–Kier alpha value is -1.68. The first kappa shape index (κ1) is 16.2. The van der Waals surface area contributed by atoms with E-state index in [0.29, 0.717) is 6.04 Å². The zero-order valence-corrected chi connectivity index (χ0v) is 13.8. The van der Waals surface area contributed by atoms with Gasteiger partial charge < -0.3 is 5.73 Å². The first-order valence-electron chi connectivity index (χ1n) is 8.59. The molecule has 2 aromatic carbocycles. The van der Waals surface area contributed by atoms with Crippen LogP contribution in [0.5, 0.6) is 0 Å². The Morgan fingerprint density at radius 3 is 2.00 bits per heavy atom. The molecule has 0 spiro atoms. The van der Waals surface area contributed by atoms with Crippen molar-refractivity contribution < 1.29 is 0 Å². The fraction of sp³-hybridized carbons (Fsp3) is 0.400. The average Bonchev–Trinajstić information content (AvgIpc) is 2.79. The Kier molecular flexibility index (Phi) is 5.81. The van der Waals surface area contributed by atoms with E-state index in [1.807, 2.05) is 0 Å². The predicted molar refractivity (Wildman–Crippen MR) is 96.0 cm³/mol. The average molecular weight is 309 g/mol. The van der Waals surface area contributed by atoms with Crippen LogP contribution in [0.3, 0.4) is 0 Å². The zero-order valence-electron chi connectivity index (χ0n) is 13.8. The van der Waals surface area contributed by atoms with Crippen LogP contribution >= 0.6 is 0 Å². The highest BCUT2D eigenvalue weighted by atomic mass is 15.2. The predicted octanol–water partition coefficient (Wildman–Crippen LogP) is 2.72. The second kappa shape index (κ2) is 8.25. The van der Waals surface area contributed by atoms with Gasteiger partial charge in [-0.2, -0.15) is 0 Å². The lowest BCUT2D eigenvalue weighted by molar-refractivity contribution is 0.197. The molecular weight excluding hydrogens is 282 g/mol. The minimum absolute atomic E-state index is 0.482. The summed E-state index contributed by atoms with van der Waals surface area (Å²) in [7, 11) is 0. The first-order chi connectivity index (χ1) is 11.3. The van der Waals surface area contributed by atoms with Gasteiger partial charge in [0, 0.05) is 45.3 Å². The van der Waals surface area contributed by atoms with Gasteiger partial charge >= 0.3 is 0 Å². The van der Waals surface area contributed by atoms with Crippen LogP contribution in [0.2, 0.25) is 0 Å². The molecule has 1 atom stereocenters. The van der Waals surface area contributed by atoms with Crippen LogP contribution < -0.4 is 5.73 Å². The van der Waals surface area contributed by atoms with E-state index in [2.05, 4.69) is 70.5 Å². The molecular formula is C20H27N3. The van der Waals surface area contributed by atoms with Crippen molar-refractivity contribution in [3.8, 4) is 0 Å². The monoisotopic (exact) mass is 309 g/mol. The molecule has 1 heterocycles. The van der Waals surface area contributed by atoms with Crippen molar-refractivity contribution >= 4 is 0 Å². The molecule has 1 saturated heterocycles. The molecule has 0 amide bonds. The molecule has 122 valence electrons. The van der Waals surface area contributed by atoms with E-state index in [9.17, 15) is 0 Å². The highest BCUT2D eigenvalue weighted by molar-refractivity contribution is 5.15. The number of nitrogens with zero attached hydrogens (tertiary/aromatic N) is 2. The number of hydrogen-bond acceptors (Lipinski definition) is 3. The normalized spacial score (nSPS) is 20.3. The van der Waals surface area contributed by atoms with Gasteiger partial charge in [0.25, 0.3) is 0 Å². The molecule has 1 aliphatic heterocycles. The maximum absolute atomic E-state index is 6.05. The lowest BCUT2D eigenvalue weighted by Crippen LogP contribution is -2.40. The maximum atomic E-state index is 6.05. The molecule has 0 radical (unpaired) electrons. The van der Waals surface area contributed by atoms with Crippen LogP contribution in [-0.2, 0) is 13.1 Å². The van der Waals surface area contributed by atoms with Crippen molar-refractivity contribution in [2.75, 3.05) is 26.2 Å². The van der Waals surface area contributed by atoms with Gasteiger partial charge in [0.05, 0.1) is 0 Å². The smallest absolute Gasteiger partial charge is 0.0237 e. The van der Waals surface area contributed by atoms with Crippen molar-refractivity contribution in [2.45, 2.75) is 25.6 Å². The van der Waals surface area contributed by atoms with Crippen LogP contribution in [0.25, 0.3) is 0 Å². The van der Waals surface area contributed by atoms with Gasteiger partial charge in [0.15, 0.2) is 0 Å². The van der Waals surface area contributed by atoms with Gasteiger partial charge in [0.2, 0.25) is 0 Å². The van der Waals surface area contributed by atoms with Crippen molar-refractivity contribution in [1.29, 1.82) is 0 Å². The molecule has 1 unspecified atom stereocenters. The third-order valence-electron chi connectivity index (χ3n) is 4.75.